The van der Waals surface area contributed by atoms with E-state index in [4.69, 9.17) is 0 Å². The van der Waals surface area contributed by atoms with Gasteiger partial charge < -0.3 is 4.90 Å². The Morgan fingerprint density at radius 3 is 1.42 bits per heavy atom. The molecule has 448 valence electrons. The molecule has 6 aliphatic rings. The molecule has 0 unspecified atom stereocenters. The van der Waals surface area contributed by atoms with Gasteiger partial charge in [-0.3, -0.25) is 0 Å². The van der Waals surface area contributed by atoms with Gasteiger partial charge in [0.2, 0.25) is 6.71 Å². The van der Waals surface area contributed by atoms with E-state index in [1.165, 1.54) is 246 Å². The van der Waals surface area contributed by atoms with E-state index < -0.39 is 5.41 Å². The van der Waals surface area contributed by atoms with Crippen molar-refractivity contribution in [1.29, 1.82) is 0 Å². The molecule has 10 aromatic carbocycles. The number of para-hydroxylation sites is 2. The first-order valence-electron chi connectivity index (χ1n) is 34.8. The topological polar surface area (TPSA) is 3.24 Å². The SMILES string of the molecule is CCCCCCCCC1(CCCCCCCC)c2ccccc2-c2ccc(-c3ccc4c(c3)C(C)(C)c3cc(-c5cc6c7c(c5)C5(c8ccccc8-c8ccccc85)c5cccc8c5N7c5c(cccc5C8(C)C)B6c5c(C)cc(C)cc5C)c(C)cc3-4)cc21. The zero-order valence-electron chi connectivity index (χ0n) is 55.2. The van der Waals surface area contributed by atoms with Crippen LogP contribution >= 0.6 is 0 Å². The molecule has 1 spiro atoms. The molecule has 10 aromatic rings. The molecule has 0 saturated heterocycles. The molecule has 0 N–H and O–H groups in total. The predicted octanol–water partition coefficient (Wildman–Crippen LogP) is 21.9. The maximum absolute atomic E-state index is 2.77. The molecular formula is C88H88BN. The molecule has 3 heterocycles. The lowest BCUT2D eigenvalue weighted by molar-refractivity contribution is 0.398. The van der Waals surface area contributed by atoms with E-state index in [-0.39, 0.29) is 23.0 Å². The van der Waals surface area contributed by atoms with Crippen molar-refractivity contribution in [3.05, 3.63) is 260 Å². The predicted molar refractivity (Wildman–Crippen MR) is 385 cm³/mol. The van der Waals surface area contributed by atoms with E-state index in [0.717, 1.165) is 0 Å². The molecule has 0 aromatic heterocycles. The Hall–Kier alpha value is -7.94. The molecule has 1 nitrogen and oxygen atoms in total. The smallest absolute Gasteiger partial charge is 0.247 e. The second-order valence-electron chi connectivity index (χ2n) is 29.5. The van der Waals surface area contributed by atoms with Gasteiger partial charge >= 0.3 is 0 Å². The average molecular weight is 1170 g/mol. The van der Waals surface area contributed by atoms with Gasteiger partial charge in [-0.1, -0.05) is 298 Å². The van der Waals surface area contributed by atoms with Crippen LogP contribution in [-0.2, 0) is 21.7 Å². The minimum Gasteiger partial charge on any atom is -0.310 e. The van der Waals surface area contributed by atoms with Gasteiger partial charge in [0.25, 0.3) is 0 Å². The first kappa shape index (κ1) is 57.2. The molecule has 0 bridgehead atoms. The van der Waals surface area contributed by atoms with Crippen molar-refractivity contribution in [2.24, 2.45) is 0 Å². The van der Waals surface area contributed by atoms with Gasteiger partial charge in [0.1, 0.15) is 0 Å². The first-order valence-corrected chi connectivity index (χ1v) is 34.8. The Morgan fingerprint density at radius 2 is 0.789 bits per heavy atom. The molecule has 2 heteroatoms. The number of unbranched alkanes of at least 4 members (excludes halogenated alkanes) is 10. The Bertz CT molecular complexity index is 4510. The molecule has 0 radical (unpaired) electrons. The normalized spacial score (nSPS) is 15.9. The van der Waals surface area contributed by atoms with Crippen LogP contribution in [0.25, 0.3) is 55.6 Å². The number of benzene rings is 10. The van der Waals surface area contributed by atoms with E-state index in [1.807, 2.05) is 0 Å². The number of nitrogens with zero attached hydrogens (tertiary/aromatic N) is 1. The van der Waals surface area contributed by atoms with Crippen molar-refractivity contribution in [3.8, 4) is 55.6 Å². The monoisotopic (exact) mass is 1170 g/mol. The second-order valence-corrected chi connectivity index (χ2v) is 29.5. The largest absolute Gasteiger partial charge is 0.310 e. The Morgan fingerprint density at radius 1 is 0.322 bits per heavy atom. The van der Waals surface area contributed by atoms with E-state index in [0.29, 0.717) is 0 Å². The van der Waals surface area contributed by atoms with Gasteiger partial charge in [0.05, 0.1) is 11.1 Å². The fourth-order valence-corrected chi connectivity index (χ4v) is 19.4. The molecule has 16 rings (SSSR count). The lowest BCUT2D eigenvalue weighted by Gasteiger charge is -2.54. The Labute approximate surface area is 538 Å². The van der Waals surface area contributed by atoms with Crippen LogP contribution in [0, 0.1) is 27.7 Å². The van der Waals surface area contributed by atoms with Crippen LogP contribution in [0.5, 0.6) is 0 Å². The minimum absolute atomic E-state index is 0.00976. The summed E-state index contributed by atoms with van der Waals surface area (Å²) in [5.74, 6) is 0. The maximum atomic E-state index is 2.77. The highest BCUT2D eigenvalue weighted by molar-refractivity contribution is 6.98. The van der Waals surface area contributed by atoms with Crippen LogP contribution in [0.1, 0.15) is 209 Å². The van der Waals surface area contributed by atoms with Crippen molar-refractivity contribution in [2.45, 2.75) is 181 Å². The Balaban J connectivity index is 0.863. The second kappa shape index (κ2) is 21.3. The number of hydrogen-bond donors (Lipinski definition) is 0. The van der Waals surface area contributed by atoms with Crippen molar-refractivity contribution in [2.75, 3.05) is 4.90 Å². The van der Waals surface area contributed by atoms with Crippen molar-refractivity contribution in [1.82, 2.24) is 0 Å². The van der Waals surface area contributed by atoms with Gasteiger partial charge in [-0.25, -0.2) is 0 Å². The summed E-state index contributed by atoms with van der Waals surface area (Å²) in [6, 6.07) is 73.5. The fourth-order valence-electron chi connectivity index (χ4n) is 19.4. The molecule has 3 aliphatic carbocycles. The fraction of sp³-hybridized carbons (Fsp3) is 0.318. The van der Waals surface area contributed by atoms with Gasteiger partial charge in [0, 0.05) is 27.6 Å². The lowest BCUT2D eigenvalue weighted by Crippen LogP contribution is -2.61. The molecule has 0 amide bonds. The van der Waals surface area contributed by atoms with Gasteiger partial charge in [0.15, 0.2) is 0 Å². The van der Waals surface area contributed by atoms with Crippen LogP contribution in [0.4, 0.5) is 17.1 Å². The van der Waals surface area contributed by atoms with Crippen molar-refractivity contribution < 1.29 is 0 Å². The van der Waals surface area contributed by atoms with Gasteiger partial charge in [-0.05, 0) is 193 Å². The summed E-state index contributed by atoms with van der Waals surface area (Å²) in [7, 11) is 0. The Kier molecular flexibility index (Phi) is 13.6. The maximum Gasteiger partial charge on any atom is 0.247 e. The third-order valence-corrected chi connectivity index (χ3v) is 23.5. The summed E-state index contributed by atoms with van der Waals surface area (Å²) in [5.41, 5.74) is 40.7. The van der Waals surface area contributed by atoms with Crippen molar-refractivity contribution in [3.63, 3.8) is 0 Å². The quantitative estimate of drug-likeness (QED) is 0.0649. The number of rotatable bonds is 17. The summed E-state index contributed by atoms with van der Waals surface area (Å²) in [5, 5.41) is 0. The molecule has 0 saturated carbocycles. The summed E-state index contributed by atoms with van der Waals surface area (Å²) in [6.07, 6.45) is 18.4. The highest BCUT2D eigenvalue weighted by atomic mass is 15.2. The number of anilines is 3. The van der Waals surface area contributed by atoms with Gasteiger partial charge in [-0.2, -0.15) is 0 Å². The zero-order valence-corrected chi connectivity index (χ0v) is 55.2. The highest BCUT2D eigenvalue weighted by Crippen LogP contribution is 2.68. The first-order chi connectivity index (χ1) is 43.7. The minimum atomic E-state index is -0.573. The standard InChI is InChI=1S/C88H88BN/c1-11-13-15-17-19-27-45-87(46-28-20-18-16-14-12-2)69-34-24-21-31-62(69)65-43-41-60(51-77(65)87)59-42-44-66-68-49-56(4)67(54-76(68)86(9,10)75(66)50-59)61-52-78-84-80(53-61)89(81-57(5)47-55(3)48-58(81)6)79-40-30-38-73-83(79)90(84)82-72(85(73,7)8)37-29-39-74(82)88(78)70-35-25-22-32-63(70)64-33-23-26-36-71(64)88/h21-26,29-44,47-54H,11-20,27-28,45-46H2,1-10H3. The van der Waals surface area contributed by atoms with E-state index in [2.05, 4.69) is 256 Å². The number of hydrogen-bond acceptors (Lipinski definition) is 1. The number of aryl methyl sites for hydroxylation is 4. The summed E-state index contributed by atoms with van der Waals surface area (Å²) in [6.45, 7) is 24.0. The van der Waals surface area contributed by atoms with E-state index in [1.54, 1.807) is 11.1 Å². The highest BCUT2D eigenvalue weighted by Gasteiger charge is 2.58. The van der Waals surface area contributed by atoms with E-state index >= 15 is 0 Å². The van der Waals surface area contributed by atoms with Crippen LogP contribution < -0.4 is 21.3 Å². The van der Waals surface area contributed by atoms with Crippen LogP contribution in [-0.4, -0.2) is 6.71 Å². The van der Waals surface area contributed by atoms with Crippen LogP contribution in [0.2, 0.25) is 0 Å². The van der Waals surface area contributed by atoms with Crippen LogP contribution in [0.15, 0.2) is 182 Å². The third-order valence-electron chi connectivity index (χ3n) is 23.5. The van der Waals surface area contributed by atoms with Crippen molar-refractivity contribution >= 4 is 40.2 Å². The summed E-state index contributed by atoms with van der Waals surface area (Å²) < 4.78 is 0. The third kappa shape index (κ3) is 8.07. The van der Waals surface area contributed by atoms with Crippen LogP contribution in [0.3, 0.4) is 0 Å². The summed E-state index contributed by atoms with van der Waals surface area (Å²) in [4.78, 5) is 2.77. The molecule has 3 aliphatic heterocycles. The van der Waals surface area contributed by atoms with E-state index in [9.17, 15) is 0 Å². The molecule has 0 fully saturated rings. The zero-order chi connectivity index (χ0) is 61.6. The molecular weight excluding hydrogens is 1080 g/mol. The average Bonchev–Trinajstić information content (AvgIpc) is 1.09. The number of fused-ring (bicyclic) bond motifs is 13. The van der Waals surface area contributed by atoms with Gasteiger partial charge in [-0.15, -0.1) is 0 Å². The molecule has 0 atom stereocenters. The lowest BCUT2D eigenvalue weighted by atomic mass is 9.32. The molecule has 90 heavy (non-hydrogen) atoms. The summed E-state index contributed by atoms with van der Waals surface area (Å²) >= 11 is 0.